The second-order valence-electron chi connectivity index (χ2n) is 5.02. The molecule has 0 aromatic heterocycles. The average Bonchev–Trinajstić information content (AvgIpc) is 2.12. The van der Waals surface area contributed by atoms with Crippen molar-refractivity contribution in [1.82, 2.24) is 5.32 Å². The van der Waals surface area contributed by atoms with Gasteiger partial charge in [-0.3, -0.25) is 4.79 Å². The highest BCUT2D eigenvalue weighted by atomic mass is 16.4. The molecule has 0 aromatic carbocycles. The second-order valence-corrected chi connectivity index (χ2v) is 5.02. The van der Waals surface area contributed by atoms with Crippen LogP contribution in [0.2, 0.25) is 0 Å². The molecule has 0 radical (unpaired) electrons. The zero-order chi connectivity index (χ0) is 12.7. The van der Waals surface area contributed by atoms with Crippen molar-refractivity contribution < 1.29 is 14.7 Å². The maximum atomic E-state index is 11.5. The SMILES string of the molecule is CC(C)CCC(=O)N[C@@H](CC(C)C)C(=O)O. The number of hydrogen-bond donors (Lipinski definition) is 2. The fourth-order valence-electron chi connectivity index (χ4n) is 1.38. The topological polar surface area (TPSA) is 66.4 Å². The Morgan fingerprint density at radius 3 is 2.06 bits per heavy atom. The van der Waals surface area contributed by atoms with Gasteiger partial charge in [-0.2, -0.15) is 0 Å². The van der Waals surface area contributed by atoms with Crippen molar-refractivity contribution >= 4 is 11.9 Å². The first-order chi connectivity index (χ1) is 7.32. The van der Waals surface area contributed by atoms with E-state index in [9.17, 15) is 9.59 Å². The Morgan fingerprint density at radius 2 is 1.69 bits per heavy atom. The summed E-state index contributed by atoms with van der Waals surface area (Å²) in [6, 6.07) is -0.750. The number of carbonyl (C=O) groups is 2. The van der Waals surface area contributed by atoms with E-state index in [2.05, 4.69) is 5.32 Å². The number of nitrogens with one attached hydrogen (secondary N) is 1. The minimum absolute atomic E-state index is 0.165. The molecular formula is C12H23NO3. The summed E-state index contributed by atoms with van der Waals surface area (Å²) in [5.74, 6) is -0.404. The largest absolute Gasteiger partial charge is 0.480 e. The van der Waals surface area contributed by atoms with Crippen LogP contribution in [0.15, 0.2) is 0 Å². The number of amides is 1. The zero-order valence-electron chi connectivity index (χ0n) is 10.6. The Kier molecular flexibility index (Phi) is 6.77. The summed E-state index contributed by atoms with van der Waals surface area (Å²) in [6.45, 7) is 7.96. The smallest absolute Gasteiger partial charge is 0.326 e. The van der Waals surface area contributed by atoms with Crippen LogP contribution in [-0.2, 0) is 9.59 Å². The third-order valence-electron chi connectivity index (χ3n) is 2.29. The van der Waals surface area contributed by atoms with Crippen LogP contribution in [0.5, 0.6) is 0 Å². The van der Waals surface area contributed by atoms with E-state index in [4.69, 9.17) is 5.11 Å². The summed E-state index contributed by atoms with van der Waals surface area (Å²) in [6.07, 6.45) is 1.67. The molecule has 16 heavy (non-hydrogen) atoms. The Balaban J connectivity index is 4.08. The van der Waals surface area contributed by atoms with Crippen LogP contribution in [-0.4, -0.2) is 23.0 Å². The van der Waals surface area contributed by atoms with E-state index in [1.807, 2.05) is 27.7 Å². The summed E-state index contributed by atoms with van der Waals surface area (Å²) >= 11 is 0. The lowest BCUT2D eigenvalue weighted by atomic mass is 10.0. The van der Waals surface area contributed by atoms with Crippen molar-refractivity contribution in [3.05, 3.63) is 0 Å². The van der Waals surface area contributed by atoms with E-state index < -0.39 is 12.0 Å². The normalized spacial score (nSPS) is 12.9. The molecule has 0 aliphatic heterocycles. The van der Waals surface area contributed by atoms with Crippen LogP contribution in [0.1, 0.15) is 47.0 Å². The molecule has 4 heteroatoms. The van der Waals surface area contributed by atoms with Crippen LogP contribution >= 0.6 is 0 Å². The van der Waals surface area contributed by atoms with Gasteiger partial charge in [0, 0.05) is 6.42 Å². The van der Waals surface area contributed by atoms with E-state index >= 15 is 0 Å². The quantitative estimate of drug-likeness (QED) is 0.702. The van der Waals surface area contributed by atoms with Gasteiger partial charge in [-0.1, -0.05) is 27.7 Å². The van der Waals surface area contributed by atoms with Gasteiger partial charge < -0.3 is 10.4 Å². The van der Waals surface area contributed by atoms with Crippen LogP contribution in [0, 0.1) is 11.8 Å². The summed E-state index contributed by atoms with van der Waals surface area (Å²) in [7, 11) is 0. The molecule has 0 aliphatic rings. The average molecular weight is 229 g/mol. The third-order valence-corrected chi connectivity index (χ3v) is 2.29. The molecule has 0 spiro atoms. The molecule has 0 saturated carbocycles. The lowest BCUT2D eigenvalue weighted by Gasteiger charge is -2.16. The molecule has 4 nitrogen and oxygen atoms in total. The van der Waals surface area contributed by atoms with Crippen LogP contribution < -0.4 is 5.32 Å². The fraction of sp³-hybridized carbons (Fsp3) is 0.833. The zero-order valence-corrected chi connectivity index (χ0v) is 10.6. The van der Waals surface area contributed by atoms with Crippen LogP contribution in [0.25, 0.3) is 0 Å². The van der Waals surface area contributed by atoms with Gasteiger partial charge in [0.15, 0.2) is 0 Å². The molecule has 0 aromatic rings. The number of rotatable bonds is 7. The number of carbonyl (C=O) groups excluding carboxylic acids is 1. The Morgan fingerprint density at radius 1 is 1.12 bits per heavy atom. The van der Waals surface area contributed by atoms with Crippen molar-refractivity contribution in [3.8, 4) is 0 Å². The highest BCUT2D eigenvalue weighted by Crippen LogP contribution is 2.07. The molecule has 0 fully saturated rings. The number of carboxylic acids is 1. The standard InChI is InChI=1S/C12H23NO3/c1-8(2)5-6-11(14)13-10(12(15)16)7-9(3)4/h8-10H,5-7H2,1-4H3,(H,13,14)(H,15,16)/t10-/m0/s1. The second kappa shape index (κ2) is 7.25. The molecule has 0 heterocycles. The molecular weight excluding hydrogens is 206 g/mol. The van der Waals surface area contributed by atoms with Gasteiger partial charge >= 0.3 is 5.97 Å². The minimum atomic E-state index is -0.952. The third kappa shape index (κ3) is 7.26. The van der Waals surface area contributed by atoms with E-state index in [1.165, 1.54) is 0 Å². The Labute approximate surface area is 97.4 Å². The van der Waals surface area contributed by atoms with Crippen molar-refractivity contribution in [3.63, 3.8) is 0 Å². The van der Waals surface area contributed by atoms with Crippen molar-refractivity contribution in [2.24, 2.45) is 11.8 Å². The lowest BCUT2D eigenvalue weighted by molar-refractivity contribution is -0.142. The molecule has 0 unspecified atom stereocenters. The molecule has 0 aliphatic carbocycles. The number of carboxylic acid groups (broad SMARTS) is 1. The molecule has 94 valence electrons. The van der Waals surface area contributed by atoms with Crippen molar-refractivity contribution in [2.45, 2.75) is 53.0 Å². The Bertz CT molecular complexity index is 236. The molecule has 0 saturated heterocycles. The fourth-order valence-corrected chi connectivity index (χ4v) is 1.38. The van der Waals surface area contributed by atoms with Gasteiger partial charge in [0.2, 0.25) is 5.91 Å². The maximum Gasteiger partial charge on any atom is 0.326 e. The summed E-state index contributed by atoms with van der Waals surface area (Å²) in [5, 5.41) is 11.5. The van der Waals surface area contributed by atoms with Crippen molar-refractivity contribution in [2.75, 3.05) is 0 Å². The lowest BCUT2D eigenvalue weighted by Crippen LogP contribution is -2.41. The molecule has 2 N–H and O–H groups in total. The first-order valence-electron chi connectivity index (χ1n) is 5.85. The predicted octanol–water partition coefficient (Wildman–Crippen LogP) is 2.04. The molecule has 1 amide bonds. The summed E-state index contributed by atoms with van der Waals surface area (Å²) < 4.78 is 0. The van der Waals surface area contributed by atoms with Crippen LogP contribution in [0.4, 0.5) is 0 Å². The van der Waals surface area contributed by atoms with Gasteiger partial charge in [-0.15, -0.1) is 0 Å². The van der Waals surface area contributed by atoms with Gasteiger partial charge in [-0.25, -0.2) is 4.79 Å². The highest BCUT2D eigenvalue weighted by Gasteiger charge is 2.20. The van der Waals surface area contributed by atoms with Crippen LogP contribution in [0.3, 0.4) is 0 Å². The Hall–Kier alpha value is -1.06. The maximum absolute atomic E-state index is 11.5. The molecule has 1 atom stereocenters. The predicted molar refractivity (Wildman–Crippen MR) is 63.1 cm³/mol. The van der Waals surface area contributed by atoms with Crippen molar-refractivity contribution in [1.29, 1.82) is 0 Å². The monoisotopic (exact) mass is 229 g/mol. The van der Waals surface area contributed by atoms with Gasteiger partial charge in [0.05, 0.1) is 0 Å². The molecule has 0 rings (SSSR count). The van der Waals surface area contributed by atoms with E-state index in [0.717, 1.165) is 6.42 Å². The van der Waals surface area contributed by atoms with E-state index in [0.29, 0.717) is 18.8 Å². The van der Waals surface area contributed by atoms with Gasteiger partial charge in [-0.05, 0) is 24.7 Å². The first kappa shape index (κ1) is 14.9. The van der Waals surface area contributed by atoms with Gasteiger partial charge in [0.1, 0.15) is 6.04 Å². The highest BCUT2D eigenvalue weighted by molar-refractivity contribution is 5.83. The van der Waals surface area contributed by atoms with Gasteiger partial charge in [0.25, 0.3) is 0 Å². The first-order valence-corrected chi connectivity index (χ1v) is 5.85. The number of hydrogen-bond acceptors (Lipinski definition) is 2. The van der Waals surface area contributed by atoms with E-state index in [1.54, 1.807) is 0 Å². The summed E-state index contributed by atoms with van der Waals surface area (Å²) in [4.78, 5) is 22.4. The summed E-state index contributed by atoms with van der Waals surface area (Å²) in [5.41, 5.74) is 0. The minimum Gasteiger partial charge on any atom is -0.480 e. The number of aliphatic carboxylic acids is 1. The molecule has 0 bridgehead atoms. The van der Waals surface area contributed by atoms with E-state index in [-0.39, 0.29) is 11.8 Å².